The van der Waals surface area contributed by atoms with E-state index in [1.165, 1.54) is 12.8 Å². The largest absolute Gasteiger partial charge is 0.260 e. The summed E-state index contributed by atoms with van der Waals surface area (Å²) in [6.07, 6.45) is 6.87. The van der Waals surface area contributed by atoms with Gasteiger partial charge in [0.05, 0.1) is 35.4 Å². The third kappa shape index (κ3) is 5.10. The SMILES string of the molecule is O=S(=O)(CCc1ccccc1)NCc1cc(-c2ccccn2)n(C2CCCC2)n1. The minimum Gasteiger partial charge on any atom is -0.260 e. The Labute approximate surface area is 172 Å². The van der Waals surface area contributed by atoms with Gasteiger partial charge in [0.15, 0.2) is 0 Å². The average Bonchev–Trinajstić information content (AvgIpc) is 3.42. The van der Waals surface area contributed by atoms with E-state index in [0.717, 1.165) is 35.5 Å². The van der Waals surface area contributed by atoms with Gasteiger partial charge in [-0.05, 0) is 43.0 Å². The molecule has 3 aromatic rings. The zero-order valence-corrected chi connectivity index (χ0v) is 17.2. The van der Waals surface area contributed by atoms with Crippen molar-refractivity contribution in [3.8, 4) is 11.4 Å². The van der Waals surface area contributed by atoms with Gasteiger partial charge in [0.25, 0.3) is 0 Å². The summed E-state index contributed by atoms with van der Waals surface area (Å²) in [5.74, 6) is 0.0629. The number of aromatic nitrogens is 3. The average molecular weight is 411 g/mol. The lowest BCUT2D eigenvalue weighted by Gasteiger charge is -2.13. The first kappa shape index (κ1) is 19.8. The van der Waals surface area contributed by atoms with Crippen molar-refractivity contribution in [2.75, 3.05) is 5.75 Å². The van der Waals surface area contributed by atoms with Crippen LogP contribution in [0.5, 0.6) is 0 Å². The maximum absolute atomic E-state index is 12.4. The Balaban J connectivity index is 1.47. The van der Waals surface area contributed by atoms with E-state index < -0.39 is 10.0 Å². The normalized spacial score (nSPS) is 15.0. The molecular formula is C22H26N4O2S. The van der Waals surface area contributed by atoms with Gasteiger partial charge in [0, 0.05) is 6.20 Å². The maximum Gasteiger partial charge on any atom is 0.212 e. The van der Waals surface area contributed by atoms with Crippen LogP contribution in [0.1, 0.15) is 43.0 Å². The summed E-state index contributed by atoms with van der Waals surface area (Å²) in [6.45, 7) is 0.191. The molecule has 0 bridgehead atoms. The van der Waals surface area contributed by atoms with Crippen LogP contribution in [0.15, 0.2) is 60.8 Å². The lowest BCUT2D eigenvalue weighted by Crippen LogP contribution is -2.27. The van der Waals surface area contributed by atoms with E-state index in [9.17, 15) is 8.42 Å². The molecule has 4 rings (SSSR count). The first-order valence-electron chi connectivity index (χ1n) is 10.1. The van der Waals surface area contributed by atoms with Gasteiger partial charge < -0.3 is 0 Å². The van der Waals surface area contributed by atoms with E-state index in [-0.39, 0.29) is 12.3 Å². The van der Waals surface area contributed by atoms with E-state index in [0.29, 0.717) is 12.5 Å². The number of aryl methyl sites for hydroxylation is 1. The van der Waals surface area contributed by atoms with E-state index in [2.05, 4.69) is 9.71 Å². The Morgan fingerprint density at radius 3 is 2.52 bits per heavy atom. The third-order valence-corrected chi connectivity index (χ3v) is 6.69. The summed E-state index contributed by atoms with van der Waals surface area (Å²) >= 11 is 0. The fourth-order valence-corrected chi connectivity index (χ4v) is 4.83. The summed E-state index contributed by atoms with van der Waals surface area (Å²) in [5, 5.41) is 4.74. The molecule has 0 radical (unpaired) electrons. The van der Waals surface area contributed by atoms with Crippen molar-refractivity contribution in [2.45, 2.75) is 44.7 Å². The molecule has 2 aromatic heterocycles. The fourth-order valence-electron chi connectivity index (χ4n) is 3.82. The van der Waals surface area contributed by atoms with Gasteiger partial charge in [0.2, 0.25) is 10.0 Å². The molecule has 0 spiro atoms. The second kappa shape index (κ2) is 8.88. The zero-order valence-electron chi connectivity index (χ0n) is 16.4. The van der Waals surface area contributed by atoms with Crippen molar-refractivity contribution < 1.29 is 8.42 Å². The maximum atomic E-state index is 12.4. The highest BCUT2D eigenvalue weighted by atomic mass is 32.2. The highest BCUT2D eigenvalue weighted by Crippen LogP contribution is 2.33. The van der Waals surface area contributed by atoms with Gasteiger partial charge in [-0.15, -0.1) is 0 Å². The molecule has 0 amide bonds. The third-order valence-electron chi connectivity index (χ3n) is 5.36. The molecule has 0 atom stereocenters. The fraction of sp³-hybridized carbons (Fsp3) is 0.364. The minimum atomic E-state index is -3.38. The van der Waals surface area contributed by atoms with Crippen molar-refractivity contribution in [2.24, 2.45) is 0 Å². The van der Waals surface area contributed by atoms with E-state index >= 15 is 0 Å². The first-order valence-corrected chi connectivity index (χ1v) is 11.8. The van der Waals surface area contributed by atoms with Gasteiger partial charge in [-0.3, -0.25) is 9.67 Å². The molecule has 0 aliphatic heterocycles. The smallest absolute Gasteiger partial charge is 0.212 e. The number of nitrogens with one attached hydrogen (secondary N) is 1. The molecule has 1 aromatic carbocycles. The molecule has 1 N–H and O–H groups in total. The highest BCUT2D eigenvalue weighted by molar-refractivity contribution is 7.89. The Kier molecular flexibility index (Phi) is 6.06. The second-order valence-corrected chi connectivity index (χ2v) is 9.42. The summed E-state index contributed by atoms with van der Waals surface area (Å²) in [7, 11) is -3.38. The molecule has 1 aliphatic rings. The molecule has 0 saturated heterocycles. The van der Waals surface area contributed by atoms with E-state index in [4.69, 9.17) is 5.10 Å². The monoisotopic (exact) mass is 410 g/mol. The Bertz CT molecular complexity index is 1030. The van der Waals surface area contributed by atoms with E-state index in [1.54, 1.807) is 6.20 Å². The highest BCUT2D eigenvalue weighted by Gasteiger charge is 2.23. The van der Waals surface area contributed by atoms with Gasteiger partial charge >= 0.3 is 0 Å². The predicted octanol–water partition coefficient (Wildman–Crippen LogP) is 3.72. The molecule has 1 fully saturated rings. The van der Waals surface area contributed by atoms with Crippen LogP contribution in [0, 0.1) is 0 Å². The first-order chi connectivity index (χ1) is 14.1. The Morgan fingerprint density at radius 1 is 1.03 bits per heavy atom. The summed E-state index contributed by atoms with van der Waals surface area (Å²) in [6, 6.07) is 17.8. The molecule has 2 heterocycles. The number of pyridine rings is 1. The van der Waals surface area contributed by atoms with Gasteiger partial charge in [-0.25, -0.2) is 13.1 Å². The van der Waals surface area contributed by atoms with Crippen LogP contribution in [0.25, 0.3) is 11.4 Å². The number of hydrogen-bond donors (Lipinski definition) is 1. The van der Waals surface area contributed by atoms with Crippen LogP contribution in [0.4, 0.5) is 0 Å². The molecular weight excluding hydrogens is 384 g/mol. The number of hydrogen-bond acceptors (Lipinski definition) is 4. The van der Waals surface area contributed by atoms with Gasteiger partial charge in [-0.1, -0.05) is 49.2 Å². The zero-order chi connectivity index (χ0) is 20.1. The quantitative estimate of drug-likeness (QED) is 0.614. The van der Waals surface area contributed by atoms with E-state index in [1.807, 2.05) is 59.3 Å². The van der Waals surface area contributed by atoms with Crippen LogP contribution in [-0.4, -0.2) is 28.9 Å². The molecule has 1 aliphatic carbocycles. The summed E-state index contributed by atoms with van der Waals surface area (Å²) < 4.78 is 29.6. The molecule has 1 saturated carbocycles. The summed E-state index contributed by atoms with van der Waals surface area (Å²) in [4.78, 5) is 4.47. The molecule has 29 heavy (non-hydrogen) atoms. The Morgan fingerprint density at radius 2 is 1.79 bits per heavy atom. The molecule has 152 valence electrons. The number of sulfonamides is 1. The molecule has 0 unspecified atom stereocenters. The van der Waals surface area contributed by atoms with Crippen LogP contribution in [-0.2, 0) is 23.0 Å². The summed E-state index contributed by atoms with van der Waals surface area (Å²) in [5.41, 5.74) is 3.56. The van der Waals surface area contributed by atoms with Crippen LogP contribution >= 0.6 is 0 Å². The molecule has 7 heteroatoms. The topological polar surface area (TPSA) is 76.9 Å². The van der Waals surface area contributed by atoms with Crippen molar-refractivity contribution in [3.63, 3.8) is 0 Å². The van der Waals surface area contributed by atoms with Crippen molar-refractivity contribution >= 4 is 10.0 Å². The van der Waals surface area contributed by atoms with Gasteiger partial charge in [-0.2, -0.15) is 5.10 Å². The number of rotatable bonds is 8. The van der Waals surface area contributed by atoms with Gasteiger partial charge in [0.1, 0.15) is 0 Å². The number of nitrogens with zero attached hydrogens (tertiary/aromatic N) is 3. The molecule has 6 nitrogen and oxygen atoms in total. The standard InChI is InChI=1S/C22H26N4O2S/c27-29(28,15-13-18-8-2-1-3-9-18)24-17-19-16-22(21-12-6-7-14-23-21)26(25-19)20-10-4-5-11-20/h1-3,6-9,12,14,16,20,24H,4-5,10-11,13,15,17H2. The second-order valence-electron chi connectivity index (χ2n) is 7.49. The van der Waals surface area contributed by atoms with Crippen LogP contribution < -0.4 is 4.72 Å². The predicted molar refractivity (Wildman–Crippen MR) is 114 cm³/mol. The van der Waals surface area contributed by atoms with Crippen LogP contribution in [0.2, 0.25) is 0 Å². The van der Waals surface area contributed by atoms with Crippen LogP contribution in [0.3, 0.4) is 0 Å². The Hall–Kier alpha value is -2.51. The number of benzene rings is 1. The minimum absolute atomic E-state index is 0.0629. The van der Waals surface area contributed by atoms with Crippen molar-refractivity contribution in [1.82, 2.24) is 19.5 Å². The lowest BCUT2D eigenvalue weighted by molar-refractivity contribution is 0.466. The van der Waals surface area contributed by atoms with Crippen molar-refractivity contribution in [1.29, 1.82) is 0 Å². The van der Waals surface area contributed by atoms with Crippen molar-refractivity contribution in [3.05, 3.63) is 72.1 Å². The lowest BCUT2D eigenvalue weighted by atomic mass is 10.2.